The molecule has 0 bridgehead atoms. The quantitative estimate of drug-likeness (QED) is 0.720. The van der Waals surface area contributed by atoms with Gasteiger partial charge in [-0.15, -0.1) is 16.4 Å². The van der Waals surface area contributed by atoms with Gasteiger partial charge in [0.25, 0.3) is 0 Å². The van der Waals surface area contributed by atoms with Gasteiger partial charge in [-0.1, -0.05) is 19.3 Å². The van der Waals surface area contributed by atoms with Gasteiger partial charge in [0.15, 0.2) is 11.5 Å². The number of hydrogen-bond acceptors (Lipinski definition) is 5. The molecule has 0 amide bonds. The molecule has 0 unspecified atom stereocenters. The Labute approximate surface area is 145 Å². The molecule has 2 aliphatic carbocycles. The molecule has 3 aromatic heterocycles. The first-order valence-corrected chi connectivity index (χ1v) is 9.96. The van der Waals surface area contributed by atoms with E-state index in [4.69, 9.17) is 9.72 Å². The highest BCUT2D eigenvalue weighted by Gasteiger charge is 2.21. The summed E-state index contributed by atoms with van der Waals surface area (Å²) in [4.78, 5) is 12.0. The highest BCUT2D eigenvalue weighted by molar-refractivity contribution is 7.19. The summed E-state index contributed by atoms with van der Waals surface area (Å²) in [7, 11) is 0. The third kappa shape index (κ3) is 2.52. The molecule has 0 saturated heterocycles. The molecule has 1 fully saturated rings. The Morgan fingerprint density at radius 3 is 2.92 bits per heavy atom. The van der Waals surface area contributed by atoms with Crippen molar-refractivity contribution in [1.82, 2.24) is 19.6 Å². The van der Waals surface area contributed by atoms with Crippen LogP contribution in [0.25, 0.3) is 15.9 Å². The number of ether oxygens (including phenoxy) is 1. The fraction of sp³-hybridized carbons (Fsp3) is 0.611. The van der Waals surface area contributed by atoms with E-state index < -0.39 is 0 Å². The SMILES string of the molecule is c1nc2sc3c(c2c2nc(COC4CCCCC4)nn12)CCCC3. The van der Waals surface area contributed by atoms with E-state index in [0.29, 0.717) is 12.7 Å². The van der Waals surface area contributed by atoms with E-state index in [1.165, 1.54) is 67.2 Å². The van der Waals surface area contributed by atoms with Crippen molar-refractivity contribution in [3.8, 4) is 0 Å². The van der Waals surface area contributed by atoms with Gasteiger partial charge in [0.2, 0.25) is 0 Å². The van der Waals surface area contributed by atoms with Crippen LogP contribution in [0.2, 0.25) is 0 Å². The summed E-state index contributed by atoms with van der Waals surface area (Å²) in [6, 6.07) is 0. The first-order valence-electron chi connectivity index (χ1n) is 9.14. The summed E-state index contributed by atoms with van der Waals surface area (Å²) in [5.41, 5.74) is 2.42. The van der Waals surface area contributed by atoms with Crippen molar-refractivity contribution in [3.63, 3.8) is 0 Å². The van der Waals surface area contributed by atoms with Crippen LogP contribution in [-0.4, -0.2) is 25.7 Å². The molecule has 2 aliphatic rings. The molecule has 1 saturated carbocycles. The first kappa shape index (κ1) is 14.8. The van der Waals surface area contributed by atoms with Gasteiger partial charge >= 0.3 is 0 Å². The van der Waals surface area contributed by atoms with E-state index in [2.05, 4.69) is 10.1 Å². The number of aryl methyl sites for hydroxylation is 2. The van der Waals surface area contributed by atoms with Crippen molar-refractivity contribution in [1.29, 1.82) is 0 Å². The van der Waals surface area contributed by atoms with Crippen LogP contribution in [0.15, 0.2) is 6.33 Å². The molecular weight excluding hydrogens is 320 g/mol. The van der Waals surface area contributed by atoms with Crippen LogP contribution >= 0.6 is 11.3 Å². The molecule has 0 aliphatic heterocycles. The number of rotatable bonds is 3. The molecular formula is C18H22N4OS. The molecule has 126 valence electrons. The van der Waals surface area contributed by atoms with Gasteiger partial charge < -0.3 is 4.74 Å². The van der Waals surface area contributed by atoms with Crippen molar-refractivity contribution in [3.05, 3.63) is 22.6 Å². The molecule has 0 radical (unpaired) electrons. The van der Waals surface area contributed by atoms with Crippen LogP contribution in [0.1, 0.15) is 61.2 Å². The topological polar surface area (TPSA) is 52.3 Å². The van der Waals surface area contributed by atoms with E-state index in [9.17, 15) is 0 Å². The number of aromatic nitrogens is 4. The molecule has 5 nitrogen and oxygen atoms in total. The Bertz CT molecular complexity index is 878. The molecule has 5 rings (SSSR count). The van der Waals surface area contributed by atoms with Gasteiger partial charge in [0, 0.05) is 4.88 Å². The summed E-state index contributed by atoms with van der Waals surface area (Å²) >= 11 is 1.84. The molecule has 6 heteroatoms. The Balaban J connectivity index is 1.48. The van der Waals surface area contributed by atoms with E-state index in [1.54, 1.807) is 6.33 Å². The van der Waals surface area contributed by atoms with E-state index >= 15 is 0 Å². The van der Waals surface area contributed by atoms with Crippen LogP contribution in [0, 0.1) is 0 Å². The Kier molecular flexibility index (Phi) is 3.74. The zero-order chi connectivity index (χ0) is 15.9. The van der Waals surface area contributed by atoms with Crippen molar-refractivity contribution in [2.45, 2.75) is 70.5 Å². The first-order chi connectivity index (χ1) is 11.9. The summed E-state index contributed by atoms with van der Waals surface area (Å²) in [5, 5.41) is 5.83. The molecule has 0 atom stereocenters. The Morgan fingerprint density at radius 2 is 2.00 bits per heavy atom. The number of fused-ring (bicyclic) bond motifs is 5. The second-order valence-corrected chi connectivity index (χ2v) is 8.09. The van der Waals surface area contributed by atoms with Gasteiger partial charge in [-0.25, -0.2) is 14.5 Å². The minimum absolute atomic E-state index is 0.386. The van der Waals surface area contributed by atoms with Gasteiger partial charge in [-0.05, 0) is 44.1 Å². The molecule has 24 heavy (non-hydrogen) atoms. The molecule has 3 heterocycles. The van der Waals surface area contributed by atoms with Gasteiger partial charge in [-0.3, -0.25) is 0 Å². The number of thiophene rings is 1. The lowest BCUT2D eigenvalue weighted by atomic mass is 9.97. The van der Waals surface area contributed by atoms with Crippen molar-refractivity contribution in [2.24, 2.45) is 0 Å². The Morgan fingerprint density at radius 1 is 1.12 bits per heavy atom. The van der Waals surface area contributed by atoms with Crippen LogP contribution in [0.3, 0.4) is 0 Å². The van der Waals surface area contributed by atoms with Gasteiger partial charge in [-0.2, -0.15) is 0 Å². The molecule has 0 aromatic carbocycles. The molecule has 3 aromatic rings. The van der Waals surface area contributed by atoms with E-state index in [0.717, 1.165) is 22.7 Å². The fourth-order valence-electron chi connectivity index (χ4n) is 4.08. The van der Waals surface area contributed by atoms with Crippen LogP contribution in [0.5, 0.6) is 0 Å². The van der Waals surface area contributed by atoms with Crippen LogP contribution in [0.4, 0.5) is 0 Å². The van der Waals surface area contributed by atoms with Crippen molar-refractivity contribution < 1.29 is 4.74 Å². The summed E-state index contributed by atoms with van der Waals surface area (Å²) in [6.45, 7) is 0.514. The maximum atomic E-state index is 6.05. The summed E-state index contributed by atoms with van der Waals surface area (Å²) in [5.74, 6) is 0.783. The lowest BCUT2D eigenvalue weighted by Gasteiger charge is -2.21. The van der Waals surface area contributed by atoms with E-state index in [1.807, 2.05) is 15.9 Å². The predicted molar refractivity (Wildman–Crippen MR) is 94.5 cm³/mol. The minimum atomic E-state index is 0.386. The number of nitrogens with zero attached hydrogens (tertiary/aromatic N) is 4. The Hall–Kier alpha value is -1.53. The van der Waals surface area contributed by atoms with Crippen molar-refractivity contribution in [2.75, 3.05) is 0 Å². The van der Waals surface area contributed by atoms with E-state index in [-0.39, 0.29) is 0 Å². The van der Waals surface area contributed by atoms with Crippen molar-refractivity contribution >= 4 is 27.2 Å². The number of hydrogen-bond donors (Lipinski definition) is 0. The zero-order valence-electron chi connectivity index (χ0n) is 13.8. The fourth-order valence-corrected chi connectivity index (χ4v) is 5.31. The molecule has 0 N–H and O–H groups in total. The lowest BCUT2D eigenvalue weighted by Crippen LogP contribution is -2.16. The standard InChI is InChI=1S/C18H22N4OS/c1-2-6-12(7-3-1)23-10-15-20-17-16-13-8-4-5-9-14(13)24-18(16)19-11-22(17)21-15/h11-12H,1-10H2. The second kappa shape index (κ2) is 6.08. The average molecular weight is 342 g/mol. The highest BCUT2D eigenvalue weighted by atomic mass is 32.1. The zero-order valence-corrected chi connectivity index (χ0v) is 14.6. The maximum Gasteiger partial charge on any atom is 0.177 e. The third-order valence-electron chi connectivity index (χ3n) is 5.34. The van der Waals surface area contributed by atoms with Crippen LogP contribution in [-0.2, 0) is 24.2 Å². The van der Waals surface area contributed by atoms with Gasteiger partial charge in [0.1, 0.15) is 17.8 Å². The highest BCUT2D eigenvalue weighted by Crippen LogP contribution is 2.36. The smallest absolute Gasteiger partial charge is 0.177 e. The van der Waals surface area contributed by atoms with Crippen LogP contribution < -0.4 is 0 Å². The average Bonchev–Trinajstić information content (AvgIpc) is 3.21. The summed E-state index contributed by atoms with van der Waals surface area (Å²) < 4.78 is 7.89. The lowest BCUT2D eigenvalue weighted by molar-refractivity contribution is 0.0136. The third-order valence-corrected chi connectivity index (χ3v) is 6.54. The monoisotopic (exact) mass is 342 g/mol. The normalized spacial score (nSPS) is 19.2. The minimum Gasteiger partial charge on any atom is -0.370 e. The predicted octanol–water partition coefficient (Wildman–Crippen LogP) is 4.07. The summed E-state index contributed by atoms with van der Waals surface area (Å²) in [6.07, 6.45) is 13.4. The van der Waals surface area contributed by atoms with Gasteiger partial charge in [0.05, 0.1) is 11.5 Å². The molecule has 0 spiro atoms. The maximum absolute atomic E-state index is 6.05. The largest absolute Gasteiger partial charge is 0.370 e. The second-order valence-electron chi connectivity index (χ2n) is 7.00.